The van der Waals surface area contributed by atoms with Gasteiger partial charge in [0.1, 0.15) is 17.0 Å². The Morgan fingerprint density at radius 1 is 1.11 bits per heavy atom. The number of pyridine rings is 1. The lowest BCUT2D eigenvalue weighted by Gasteiger charge is -2.11. The largest absolute Gasteiger partial charge is 0.466 e. The molecule has 198 valence electrons. The number of hydrogen-bond acceptors (Lipinski definition) is 10. The van der Waals surface area contributed by atoms with Crippen LogP contribution in [0.25, 0.3) is 0 Å². The van der Waals surface area contributed by atoms with Crippen molar-refractivity contribution >= 4 is 51.9 Å². The second-order valence-corrected chi connectivity index (χ2v) is 10.5. The van der Waals surface area contributed by atoms with E-state index in [0.717, 1.165) is 35.2 Å². The second-order valence-electron chi connectivity index (χ2n) is 7.53. The first-order valence-corrected chi connectivity index (χ1v) is 13.4. The van der Waals surface area contributed by atoms with Crippen LogP contribution in [0, 0.1) is 0 Å². The number of alkyl halides is 3. The molecule has 0 spiro atoms. The number of aromatic nitrogens is 5. The summed E-state index contributed by atoms with van der Waals surface area (Å²) < 4.78 is 45.5. The fourth-order valence-corrected chi connectivity index (χ4v) is 5.33. The molecule has 0 radical (unpaired) electrons. The van der Waals surface area contributed by atoms with Crippen LogP contribution in [0.4, 0.5) is 18.3 Å². The fraction of sp³-hybridized carbons (Fsp3) is 0.217. The molecule has 0 saturated heterocycles. The maximum absolute atomic E-state index is 13.3. The summed E-state index contributed by atoms with van der Waals surface area (Å²) in [5.41, 5.74) is -0.275. The molecule has 4 aromatic rings. The molecule has 15 heteroatoms. The fourth-order valence-electron chi connectivity index (χ4n) is 2.99. The Bertz CT molecular complexity index is 1440. The van der Waals surface area contributed by atoms with Crippen LogP contribution in [0.1, 0.15) is 28.7 Å². The van der Waals surface area contributed by atoms with Gasteiger partial charge < -0.3 is 9.30 Å². The summed E-state index contributed by atoms with van der Waals surface area (Å²) in [4.78, 5) is 34.6. The third-order valence-electron chi connectivity index (χ3n) is 4.73. The summed E-state index contributed by atoms with van der Waals surface area (Å²) in [7, 11) is 1.77. The van der Waals surface area contributed by atoms with E-state index in [9.17, 15) is 22.8 Å². The lowest BCUT2D eigenvalue weighted by Crippen LogP contribution is -2.15. The minimum absolute atomic E-state index is 0.0304. The molecule has 38 heavy (non-hydrogen) atoms. The zero-order valence-electron chi connectivity index (χ0n) is 19.9. The maximum atomic E-state index is 13.3. The third-order valence-corrected chi connectivity index (χ3v) is 7.58. The van der Waals surface area contributed by atoms with Crippen molar-refractivity contribution in [3.8, 4) is 0 Å². The molecule has 0 aliphatic heterocycles. The Labute approximate surface area is 227 Å². The summed E-state index contributed by atoms with van der Waals surface area (Å²) >= 11 is 3.43. The minimum atomic E-state index is -4.45. The van der Waals surface area contributed by atoms with Crippen LogP contribution in [0.2, 0.25) is 0 Å². The SMILES string of the molecule is CCOC(=O)Cc1csc(NC(=O)c2nc(Sc3nncn3C)ccc2Sc2ccc(C(F)(F)F)cc2)n1. The summed E-state index contributed by atoms with van der Waals surface area (Å²) in [6.07, 6.45) is -2.95. The number of aryl methyl sites for hydroxylation is 1. The van der Waals surface area contributed by atoms with Crippen LogP contribution in [-0.4, -0.2) is 43.2 Å². The first-order chi connectivity index (χ1) is 18.1. The van der Waals surface area contributed by atoms with Crippen LogP contribution in [-0.2, 0) is 29.2 Å². The summed E-state index contributed by atoms with van der Waals surface area (Å²) in [5, 5.41) is 13.4. The molecule has 4 rings (SSSR count). The monoisotopic (exact) mass is 580 g/mol. The zero-order valence-corrected chi connectivity index (χ0v) is 22.3. The zero-order chi connectivity index (χ0) is 27.3. The third kappa shape index (κ3) is 7.11. The molecule has 9 nitrogen and oxygen atoms in total. The van der Waals surface area contributed by atoms with E-state index in [0.29, 0.717) is 25.7 Å². The molecule has 3 aromatic heterocycles. The number of hydrogen-bond donors (Lipinski definition) is 1. The van der Waals surface area contributed by atoms with E-state index in [4.69, 9.17) is 4.74 Å². The van der Waals surface area contributed by atoms with E-state index in [1.165, 1.54) is 30.2 Å². The Kier molecular flexibility index (Phi) is 8.69. The highest BCUT2D eigenvalue weighted by molar-refractivity contribution is 7.99. The van der Waals surface area contributed by atoms with E-state index in [1.54, 1.807) is 36.1 Å². The van der Waals surface area contributed by atoms with Crippen molar-refractivity contribution in [3.05, 3.63) is 65.1 Å². The van der Waals surface area contributed by atoms with Crippen molar-refractivity contribution in [2.24, 2.45) is 7.05 Å². The van der Waals surface area contributed by atoms with Crippen molar-refractivity contribution in [3.63, 3.8) is 0 Å². The predicted octanol–water partition coefficient (Wildman–Crippen LogP) is 5.35. The number of thiazole rings is 1. The summed E-state index contributed by atoms with van der Waals surface area (Å²) in [5.74, 6) is -1.00. The number of nitrogens with zero attached hydrogens (tertiary/aromatic N) is 5. The molecule has 0 bridgehead atoms. The van der Waals surface area contributed by atoms with Gasteiger partial charge in [0.15, 0.2) is 10.3 Å². The maximum Gasteiger partial charge on any atom is 0.416 e. The van der Waals surface area contributed by atoms with Gasteiger partial charge in [-0.2, -0.15) is 13.2 Å². The minimum Gasteiger partial charge on any atom is -0.466 e. The molecule has 1 N–H and O–H groups in total. The average molecular weight is 581 g/mol. The smallest absolute Gasteiger partial charge is 0.416 e. The van der Waals surface area contributed by atoms with Crippen molar-refractivity contribution in [2.45, 2.75) is 39.5 Å². The molecular weight excluding hydrogens is 561 g/mol. The Balaban J connectivity index is 1.59. The average Bonchev–Trinajstić information content (AvgIpc) is 3.48. The quantitative estimate of drug-likeness (QED) is 0.262. The van der Waals surface area contributed by atoms with Crippen molar-refractivity contribution < 1.29 is 27.5 Å². The summed E-state index contributed by atoms with van der Waals surface area (Å²) in [6.45, 7) is 1.95. The molecular formula is C23H19F3N6O3S3. The number of esters is 1. The second kappa shape index (κ2) is 12.0. The number of halogens is 3. The number of benzene rings is 1. The Morgan fingerprint density at radius 2 is 1.87 bits per heavy atom. The molecule has 0 aliphatic rings. The predicted molar refractivity (Wildman–Crippen MR) is 135 cm³/mol. The van der Waals surface area contributed by atoms with Gasteiger partial charge in [0.25, 0.3) is 5.91 Å². The van der Waals surface area contributed by atoms with Crippen LogP contribution in [0.15, 0.2) is 68.1 Å². The molecule has 0 unspecified atom stereocenters. The van der Waals surface area contributed by atoms with Gasteiger partial charge in [-0.25, -0.2) is 9.97 Å². The number of rotatable bonds is 9. The van der Waals surface area contributed by atoms with Crippen molar-refractivity contribution in [1.82, 2.24) is 24.7 Å². The van der Waals surface area contributed by atoms with Crippen LogP contribution >= 0.6 is 34.9 Å². The molecule has 0 saturated carbocycles. The number of nitrogens with one attached hydrogen (secondary N) is 1. The van der Waals surface area contributed by atoms with Gasteiger partial charge in [0.05, 0.1) is 24.3 Å². The molecule has 1 aromatic carbocycles. The molecule has 0 fully saturated rings. The van der Waals surface area contributed by atoms with Gasteiger partial charge in [0.2, 0.25) is 0 Å². The van der Waals surface area contributed by atoms with Gasteiger partial charge in [-0.05, 0) is 55.1 Å². The molecule has 3 heterocycles. The summed E-state index contributed by atoms with van der Waals surface area (Å²) in [6, 6.07) is 7.98. The standard InChI is InChI=1S/C23H19F3N6O3S3/c1-3-35-18(33)10-14-11-36-21(28-14)30-20(34)19-16(37-15-6-4-13(5-7-15)23(24,25)26)8-9-17(29-19)38-22-31-27-12-32(22)2/h4-9,11-12H,3,10H2,1-2H3,(H,28,30,34). The Morgan fingerprint density at radius 3 is 2.53 bits per heavy atom. The number of amides is 1. The molecule has 0 atom stereocenters. The highest BCUT2D eigenvalue weighted by atomic mass is 32.2. The van der Waals surface area contributed by atoms with Crippen molar-refractivity contribution in [1.29, 1.82) is 0 Å². The number of anilines is 1. The molecule has 1 amide bonds. The molecule has 0 aliphatic carbocycles. The van der Waals surface area contributed by atoms with Gasteiger partial charge in [0, 0.05) is 22.2 Å². The topological polar surface area (TPSA) is 112 Å². The van der Waals surface area contributed by atoms with Gasteiger partial charge >= 0.3 is 12.1 Å². The van der Waals surface area contributed by atoms with Crippen LogP contribution in [0.3, 0.4) is 0 Å². The van der Waals surface area contributed by atoms with Gasteiger partial charge in [-0.1, -0.05) is 11.8 Å². The highest BCUT2D eigenvalue weighted by Gasteiger charge is 2.30. The Hall–Kier alpha value is -3.43. The van der Waals surface area contributed by atoms with E-state index in [2.05, 4.69) is 25.5 Å². The van der Waals surface area contributed by atoms with E-state index in [1.807, 2.05) is 0 Å². The first kappa shape index (κ1) is 27.6. The first-order valence-electron chi connectivity index (χ1n) is 10.9. The highest BCUT2D eigenvalue weighted by Crippen LogP contribution is 2.35. The lowest BCUT2D eigenvalue weighted by molar-refractivity contribution is -0.142. The van der Waals surface area contributed by atoms with E-state index < -0.39 is 23.6 Å². The van der Waals surface area contributed by atoms with Crippen molar-refractivity contribution in [2.75, 3.05) is 11.9 Å². The normalized spacial score (nSPS) is 11.4. The van der Waals surface area contributed by atoms with Gasteiger partial charge in [-0.3, -0.25) is 14.9 Å². The number of carbonyl (C=O) groups excluding carboxylic acids is 2. The number of ether oxygens (including phenoxy) is 1. The van der Waals surface area contributed by atoms with Crippen LogP contribution < -0.4 is 5.32 Å². The van der Waals surface area contributed by atoms with Crippen LogP contribution in [0.5, 0.6) is 0 Å². The van der Waals surface area contributed by atoms with E-state index >= 15 is 0 Å². The van der Waals surface area contributed by atoms with Gasteiger partial charge in [-0.15, -0.1) is 21.5 Å². The number of carbonyl (C=O) groups is 2. The van der Waals surface area contributed by atoms with E-state index in [-0.39, 0.29) is 23.9 Å². The lowest BCUT2D eigenvalue weighted by atomic mass is 10.2.